The van der Waals surface area contributed by atoms with Crippen molar-refractivity contribution in [3.63, 3.8) is 0 Å². The zero-order valence-electron chi connectivity index (χ0n) is 20.0. The van der Waals surface area contributed by atoms with E-state index in [1.807, 2.05) is 26.8 Å². The van der Waals surface area contributed by atoms with Crippen molar-refractivity contribution in [3.8, 4) is 0 Å². The van der Waals surface area contributed by atoms with Gasteiger partial charge >= 0.3 is 0 Å². The van der Waals surface area contributed by atoms with Gasteiger partial charge in [-0.3, -0.25) is 13.9 Å². The predicted molar refractivity (Wildman–Crippen MR) is 139 cm³/mol. The number of hydrogen-bond acceptors (Lipinski definition) is 4. The summed E-state index contributed by atoms with van der Waals surface area (Å²) in [6.07, 6.45) is 1.55. The highest BCUT2D eigenvalue weighted by atomic mass is 32.2. The van der Waals surface area contributed by atoms with Crippen molar-refractivity contribution in [1.82, 2.24) is 5.32 Å². The molecule has 35 heavy (non-hydrogen) atoms. The molecule has 0 aromatic heterocycles. The summed E-state index contributed by atoms with van der Waals surface area (Å²) >= 11 is 0. The number of sulfonamides is 1. The smallest absolute Gasteiger partial charge is 0.264 e. The van der Waals surface area contributed by atoms with Gasteiger partial charge in [-0.2, -0.15) is 0 Å². The van der Waals surface area contributed by atoms with E-state index in [4.69, 9.17) is 0 Å². The fraction of sp³-hybridized carbons (Fsp3) is 0.185. The van der Waals surface area contributed by atoms with E-state index in [1.54, 1.807) is 54.6 Å². The molecule has 0 unspecified atom stereocenters. The molecule has 0 aliphatic heterocycles. The Balaban J connectivity index is 1.97. The second kappa shape index (κ2) is 11.0. The lowest BCUT2D eigenvalue weighted by molar-refractivity contribution is -0.114. The Hall–Kier alpha value is -3.91. The van der Waals surface area contributed by atoms with E-state index >= 15 is 0 Å². The topological polar surface area (TPSA) is 95.6 Å². The molecule has 0 radical (unpaired) electrons. The molecule has 3 rings (SSSR count). The Labute approximate surface area is 206 Å². The van der Waals surface area contributed by atoms with Crippen LogP contribution in [0.25, 0.3) is 0 Å². The van der Waals surface area contributed by atoms with Gasteiger partial charge in [0.05, 0.1) is 21.8 Å². The van der Waals surface area contributed by atoms with Crippen LogP contribution < -0.4 is 14.9 Å². The third-order valence-corrected chi connectivity index (χ3v) is 7.37. The number of nitrogens with zero attached hydrogens (tertiary/aromatic N) is 1. The molecule has 0 fully saturated rings. The van der Waals surface area contributed by atoms with Gasteiger partial charge in [-0.15, -0.1) is 6.58 Å². The van der Waals surface area contributed by atoms with E-state index < -0.39 is 22.5 Å². The van der Waals surface area contributed by atoms with Crippen LogP contribution in [0, 0.1) is 20.8 Å². The van der Waals surface area contributed by atoms with Crippen LogP contribution in [0.3, 0.4) is 0 Å². The maximum atomic E-state index is 13.7. The van der Waals surface area contributed by atoms with Gasteiger partial charge in [-0.1, -0.05) is 48.0 Å². The summed E-state index contributed by atoms with van der Waals surface area (Å²) < 4.78 is 28.4. The molecule has 0 saturated heterocycles. The van der Waals surface area contributed by atoms with E-state index in [0.29, 0.717) is 5.69 Å². The van der Waals surface area contributed by atoms with E-state index in [-0.39, 0.29) is 28.6 Å². The fourth-order valence-electron chi connectivity index (χ4n) is 3.51. The van der Waals surface area contributed by atoms with E-state index in [0.717, 1.165) is 21.0 Å². The first-order valence-electron chi connectivity index (χ1n) is 11.1. The summed E-state index contributed by atoms with van der Waals surface area (Å²) in [6.45, 7) is 8.95. The SMILES string of the molecule is C=CCNC(=O)c1ccccc1NC(=O)CN(c1cccc(C)c1C)S(=O)(=O)c1ccc(C)cc1. The number of nitrogens with one attached hydrogen (secondary N) is 2. The molecule has 0 heterocycles. The number of aryl methyl sites for hydroxylation is 2. The summed E-state index contributed by atoms with van der Waals surface area (Å²) in [5.41, 5.74) is 3.54. The van der Waals surface area contributed by atoms with E-state index in [9.17, 15) is 18.0 Å². The maximum Gasteiger partial charge on any atom is 0.264 e. The fourth-order valence-corrected chi connectivity index (χ4v) is 4.99. The van der Waals surface area contributed by atoms with Crippen LogP contribution in [0.2, 0.25) is 0 Å². The average molecular weight is 492 g/mol. The quantitative estimate of drug-likeness (QED) is 0.435. The lowest BCUT2D eigenvalue weighted by Gasteiger charge is -2.26. The molecular weight excluding hydrogens is 462 g/mol. The summed E-state index contributed by atoms with van der Waals surface area (Å²) in [7, 11) is -4.05. The minimum absolute atomic E-state index is 0.0843. The van der Waals surface area contributed by atoms with Crippen molar-refractivity contribution in [2.45, 2.75) is 25.7 Å². The molecule has 0 aliphatic carbocycles. The van der Waals surface area contributed by atoms with Crippen LogP contribution in [-0.4, -0.2) is 33.3 Å². The van der Waals surface area contributed by atoms with Gasteiger partial charge < -0.3 is 10.6 Å². The van der Waals surface area contributed by atoms with Gasteiger partial charge in [0.2, 0.25) is 5.91 Å². The van der Waals surface area contributed by atoms with E-state index in [1.165, 1.54) is 12.1 Å². The molecule has 3 aromatic rings. The molecule has 2 N–H and O–H groups in total. The summed E-state index contributed by atoms with van der Waals surface area (Å²) in [4.78, 5) is 25.7. The van der Waals surface area contributed by atoms with Crippen LogP contribution in [0.15, 0.2) is 84.3 Å². The Morgan fingerprint density at radius 2 is 1.63 bits per heavy atom. The molecule has 182 valence electrons. The first-order valence-corrected chi connectivity index (χ1v) is 12.5. The molecule has 0 saturated carbocycles. The minimum atomic E-state index is -4.05. The number of carbonyl (C=O) groups excluding carboxylic acids is 2. The number of para-hydroxylation sites is 1. The van der Waals surface area contributed by atoms with Gasteiger partial charge in [0.15, 0.2) is 0 Å². The molecule has 0 atom stereocenters. The number of hydrogen-bond donors (Lipinski definition) is 2. The maximum absolute atomic E-state index is 13.7. The van der Waals surface area contributed by atoms with Gasteiger partial charge in [0.25, 0.3) is 15.9 Å². The van der Waals surface area contributed by atoms with Gasteiger partial charge in [-0.25, -0.2) is 8.42 Å². The summed E-state index contributed by atoms with van der Waals surface area (Å²) in [6, 6.07) is 18.3. The average Bonchev–Trinajstić information content (AvgIpc) is 2.83. The Morgan fingerprint density at radius 1 is 0.943 bits per heavy atom. The first kappa shape index (κ1) is 25.7. The van der Waals surface area contributed by atoms with Crippen molar-refractivity contribution < 1.29 is 18.0 Å². The van der Waals surface area contributed by atoms with Crippen molar-refractivity contribution in [1.29, 1.82) is 0 Å². The van der Waals surface area contributed by atoms with Gasteiger partial charge in [-0.05, 0) is 62.2 Å². The molecule has 0 spiro atoms. The summed E-state index contributed by atoms with van der Waals surface area (Å²) in [5, 5.41) is 5.38. The largest absolute Gasteiger partial charge is 0.349 e. The van der Waals surface area contributed by atoms with Crippen LogP contribution in [0.4, 0.5) is 11.4 Å². The van der Waals surface area contributed by atoms with Gasteiger partial charge in [0, 0.05) is 6.54 Å². The van der Waals surface area contributed by atoms with Gasteiger partial charge in [0.1, 0.15) is 6.54 Å². The second-order valence-electron chi connectivity index (χ2n) is 8.14. The number of amides is 2. The highest BCUT2D eigenvalue weighted by Gasteiger charge is 2.29. The van der Waals surface area contributed by atoms with Crippen molar-refractivity contribution in [2.75, 3.05) is 22.7 Å². The van der Waals surface area contributed by atoms with Crippen molar-refractivity contribution in [3.05, 3.63) is 102 Å². The van der Waals surface area contributed by atoms with Crippen LogP contribution in [-0.2, 0) is 14.8 Å². The summed E-state index contributed by atoms with van der Waals surface area (Å²) in [5.74, 6) is -0.954. The van der Waals surface area contributed by atoms with Crippen LogP contribution in [0.1, 0.15) is 27.0 Å². The highest BCUT2D eigenvalue weighted by molar-refractivity contribution is 7.92. The molecule has 7 nitrogen and oxygen atoms in total. The lowest BCUT2D eigenvalue weighted by Crippen LogP contribution is -2.39. The third kappa shape index (κ3) is 5.96. The van der Waals surface area contributed by atoms with Crippen LogP contribution >= 0.6 is 0 Å². The zero-order valence-corrected chi connectivity index (χ0v) is 20.9. The Kier molecular flexibility index (Phi) is 8.09. The standard InChI is InChI=1S/C27H29N3O4S/c1-5-17-28-27(32)23-10-6-7-11-24(23)29-26(31)18-30(25-12-8-9-20(3)21(25)4)35(33,34)22-15-13-19(2)14-16-22/h5-16H,1,17-18H2,2-4H3,(H,28,32)(H,29,31). The van der Waals surface area contributed by atoms with E-state index in [2.05, 4.69) is 17.2 Å². The number of rotatable bonds is 9. The second-order valence-corrected chi connectivity index (χ2v) is 10.00. The molecule has 0 bridgehead atoms. The Bertz CT molecular complexity index is 1350. The molecular formula is C27H29N3O4S. The zero-order chi connectivity index (χ0) is 25.6. The predicted octanol–water partition coefficient (Wildman–Crippen LogP) is 4.36. The Morgan fingerprint density at radius 3 is 2.31 bits per heavy atom. The number of anilines is 2. The van der Waals surface area contributed by atoms with Crippen molar-refractivity contribution in [2.24, 2.45) is 0 Å². The third-order valence-electron chi connectivity index (χ3n) is 5.59. The normalized spacial score (nSPS) is 10.9. The first-order chi connectivity index (χ1) is 16.6. The highest BCUT2D eigenvalue weighted by Crippen LogP contribution is 2.29. The lowest BCUT2D eigenvalue weighted by atomic mass is 10.1. The van der Waals surface area contributed by atoms with Crippen LogP contribution in [0.5, 0.6) is 0 Å². The number of carbonyl (C=O) groups is 2. The monoisotopic (exact) mass is 491 g/mol. The van der Waals surface area contributed by atoms with Crippen molar-refractivity contribution >= 4 is 33.2 Å². The number of benzene rings is 3. The molecule has 8 heteroatoms. The molecule has 0 aliphatic rings. The molecule has 2 amide bonds. The molecule has 3 aromatic carbocycles. The minimum Gasteiger partial charge on any atom is -0.349 e.